The number of benzene rings is 1. The van der Waals surface area contributed by atoms with E-state index in [2.05, 4.69) is 0 Å². The molecule has 0 fully saturated rings. The van der Waals surface area contributed by atoms with E-state index in [1.54, 1.807) is 6.92 Å². The van der Waals surface area contributed by atoms with Crippen molar-refractivity contribution >= 4 is 51.3 Å². The van der Waals surface area contributed by atoms with Crippen LogP contribution in [-0.4, -0.2) is 42.5 Å². The van der Waals surface area contributed by atoms with Crippen molar-refractivity contribution in [2.45, 2.75) is 11.8 Å². The van der Waals surface area contributed by atoms with Gasteiger partial charge in [-0.1, -0.05) is 17.7 Å². The molecule has 0 heterocycles. The molecular weight excluding hydrogens is 223 g/mol. The molecule has 3 nitrogen and oxygen atoms in total. The van der Waals surface area contributed by atoms with Gasteiger partial charge < -0.3 is 0 Å². The zero-order chi connectivity index (χ0) is 9.35. The van der Waals surface area contributed by atoms with E-state index in [0.717, 1.165) is 5.56 Å². The summed E-state index contributed by atoms with van der Waals surface area (Å²) in [6.07, 6.45) is 0. The maximum atomic E-state index is 10.6. The van der Waals surface area contributed by atoms with Gasteiger partial charge in [-0.05, 0) is 24.6 Å². The Morgan fingerprint density at radius 2 is 1.92 bits per heavy atom. The number of halogens is 1. The molecule has 13 heavy (non-hydrogen) atoms. The quantitative estimate of drug-likeness (QED) is 0.584. The Kier molecular flexibility index (Phi) is 4.93. The van der Waals surface area contributed by atoms with Crippen LogP contribution in [0.2, 0.25) is 5.02 Å². The van der Waals surface area contributed by atoms with Gasteiger partial charge in [0.15, 0.2) is 0 Å². The van der Waals surface area contributed by atoms with Gasteiger partial charge in [0, 0.05) is 5.02 Å². The number of aryl methyl sites for hydroxylation is 1. The molecule has 0 radical (unpaired) electrons. The van der Waals surface area contributed by atoms with Crippen molar-refractivity contribution in [2.24, 2.45) is 0 Å². The molecule has 1 rings (SSSR count). The van der Waals surface area contributed by atoms with Gasteiger partial charge in [-0.3, -0.25) is 4.55 Å². The van der Waals surface area contributed by atoms with Crippen LogP contribution >= 0.6 is 11.6 Å². The molecule has 1 N–H and O–H groups in total. The van der Waals surface area contributed by atoms with Crippen LogP contribution in [0.25, 0.3) is 0 Å². The molecule has 1 aromatic carbocycles. The number of rotatable bonds is 1. The molecule has 0 aliphatic heterocycles. The minimum atomic E-state index is -4.13. The van der Waals surface area contributed by atoms with Gasteiger partial charge in [0.05, 0.1) is 4.90 Å². The minimum absolute atomic E-state index is 0. The van der Waals surface area contributed by atoms with E-state index >= 15 is 0 Å². The van der Waals surface area contributed by atoms with Gasteiger partial charge in [0.2, 0.25) is 0 Å². The molecular formula is C7H8ClNaO3S. The van der Waals surface area contributed by atoms with Gasteiger partial charge in [-0.2, -0.15) is 8.42 Å². The summed E-state index contributed by atoms with van der Waals surface area (Å²) in [5.74, 6) is 0. The summed E-state index contributed by atoms with van der Waals surface area (Å²) < 4.78 is 29.8. The van der Waals surface area contributed by atoms with Crippen molar-refractivity contribution in [1.29, 1.82) is 0 Å². The van der Waals surface area contributed by atoms with Gasteiger partial charge in [-0.25, -0.2) is 0 Å². The fourth-order valence-corrected chi connectivity index (χ4v) is 1.49. The first-order valence-corrected chi connectivity index (χ1v) is 4.97. The van der Waals surface area contributed by atoms with Crippen molar-refractivity contribution < 1.29 is 13.0 Å². The summed E-state index contributed by atoms with van der Waals surface area (Å²) in [6, 6.07) is 4.05. The number of hydrogen-bond donors (Lipinski definition) is 1. The third kappa shape index (κ3) is 3.58. The van der Waals surface area contributed by atoms with E-state index in [1.165, 1.54) is 18.2 Å². The van der Waals surface area contributed by atoms with E-state index < -0.39 is 10.1 Å². The predicted octanol–water partition coefficient (Wildman–Crippen LogP) is 1.25. The second kappa shape index (κ2) is 4.77. The van der Waals surface area contributed by atoms with Crippen LogP contribution in [0.15, 0.2) is 23.1 Å². The first kappa shape index (κ1) is 13.4. The predicted molar refractivity (Wildman–Crippen MR) is 53.2 cm³/mol. The second-order valence-electron chi connectivity index (χ2n) is 2.39. The fourth-order valence-electron chi connectivity index (χ4n) is 0.734. The third-order valence-corrected chi connectivity index (χ3v) is 2.70. The summed E-state index contributed by atoms with van der Waals surface area (Å²) in [5, 5.41) is 0.324. The molecule has 0 aliphatic carbocycles. The zero-order valence-corrected chi connectivity index (χ0v) is 7.85. The summed E-state index contributed by atoms with van der Waals surface area (Å²) in [4.78, 5) is -0.182. The van der Waals surface area contributed by atoms with E-state index in [9.17, 15) is 8.42 Å². The van der Waals surface area contributed by atoms with Crippen LogP contribution in [0.3, 0.4) is 0 Å². The fraction of sp³-hybridized carbons (Fsp3) is 0.143. The average Bonchev–Trinajstić information content (AvgIpc) is 1.92. The van der Waals surface area contributed by atoms with E-state index in [0.29, 0.717) is 5.02 Å². The standard InChI is InChI=1S/C7H7ClO3S.Na.H/c1-5-2-3-6(4-7(5)8)12(9,10)11;;/h2-4H,1H3,(H,9,10,11);;. The Morgan fingerprint density at radius 1 is 1.38 bits per heavy atom. The zero-order valence-electron chi connectivity index (χ0n) is 6.28. The number of hydrogen-bond acceptors (Lipinski definition) is 2. The Labute approximate surface area is 104 Å². The summed E-state index contributed by atoms with van der Waals surface area (Å²) in [6.45, 7) is 1.75. The molecule has 1 aromatic rings. The summed E-state index contributed by atoms with van der Waals surface area (Å²) in [7, 11) is -4.13. The molecule has 0 spiro atoms. The molecule has 0 saturated heterocycles. The van der Waals surface area contributed by atoms with Gasteiger partial charge in [-0.15, -0.1) is 0 Å². The third-order valence-electron chi connectivity index (χ3n) is 1.44. The Balaban J connectivity index is 0.00000144. The van der Waals surface area contributed by atoms with Crippen LogP contribution in [0.5, 0.6) is 0 Å². The van der Waals surface area contributed by atoms with E-state index in [4.69, 9.17) is 16.2 Å². The monoisotopic (exact) mass is 230 g/mol. The molecule has 0 aromatic heterocycles. The van der Waals surface area contributed by atoms with Gasteiger partial charge in [0.1, 0.15) is 0 Å². The topological polar surface area (TPSA) is 54.4 Å². The maximum absolute atomic E-state index is 10.6. The van der Waals surface area contributed by atoms with E-state index in [-0.39, 0.29) is 34.5 Å². The van der Waals surface area contributed by atoms with Crippen molar-refractivity contribution in [3.05, 3.63) is 28.8 Å². The molecule has 0 bridgehead atoms. The Morgan fingerprint density at radius 3 is 2.31 bits per heavy atom. The molecule has 0 atom stereocenters. The SMILES string of the molecule is Cc1ccc(S(=O)(=O)O)cc1Cl.[NaH]. The van der Waals surface area contributed by atoms with Crippen molar-refractivity contribution in [2.75, 3.05) is 0 Å². The molecule has 0 amide bonds. The first-order valence-electron chi connectivity index (χ1n) is 3.15. The first-order chi connectivity index (χ1) is 5.41. The summed E-state index contributed by atoms with van der Waals surface area (Å²) >= 11 is 5.64. The molecule has 0 aliphatic rings. The van der Waals surface area contributed by atoms with Crippen LogP contribution < -0.4 is 0 Å². The second-order valence-corrected chi connectivity index (χ2v) is 4.21. The van der Waals surface area contributed by atoms with Crippen molar-refractivity contribution in [1.82, 2.24) is 0 Å². The van der Waals surface area contributed by atoms with Crippen LogP contribution in [-0.2, 0) is 10.1 Å². The van der Waals surface area contributed by atoms with Crippen LogP contribution in [0.4, 0.5) is 0 Å². The summed E-state index contributed by atoms with van der Waals surface area (Å²) in [5.41, 5.74) is 0.768. The molecule has 0 unspecified atom stereocenters. The normalized spacial score (nSPS) is 10.7. The molecule has 6 heteroatoms. The van der Waals surface area contributed by atoms with Gasteiger partial charge >= 0.3 is 29.6 Å². The van der Waals surface area contributed by atoms with Gasteiger partial charge in [0.25, 0.3) is 10.1 Å². The van der Waals surface area contributed by atoms with Crippen LogP contribution in [0, 0.1) is 6.92 Å². The van der Waals surface area contributed by atoms with Crippen LogP contribution in [0.1, 0.15) is 5.56 Å². The Bertz CT molecular complexity index is 402. The van der Waals surface area contributed by atoms with Crippen molar-refractivity contribution in [3.63, 3.8) is 0 Å². The van der Waals surface area contributed by atoms with Crippen molar-refractivity contribution in [3.8, 4) is 0 Å². The molecule has 0 saturated carbocycles. The Hall–Kier alpha value is 0.420. The van der Waals surface area contributed by atoms with E-state index in [1.807, 2.05) is 0 Å². The average molecular weight is 231 g/mol. The molecule has 68 valence electrons.